The van der Waals surface area contributed by atoms with Crippen molar-refractivity contribution in [2.45, 2.75) is 25.3 Å². The highest BCUT2D eigenvalue weighted by atomic mass is 15.2. The molecule has 98 valence electrons. The molecule has 1 aromatic rings. The molecule has 0 amide bonds. The molecule has 2 heterocycles. The summed E-state index contributed by atoms with van der Waals surface area (Å²) < 4.78 is 0. The normalized spacial score (nSPS) is 21.3. The molecular formula is C15H23N3. The Morgan fingerprint density at radius 1 is 1.22 bits per heavy atom. The summed E-state index contributed by atoms with van der Waals surface area (Å²) in [6, 6.07) is 7.35. The zero-order valence-electron chi connectivity index (χ0n) is 11.2. The average Bonchev–Trinajstić information content (AvgIpc) is 3.01. The molecule has 0 aromatic heterocycles. The molecular weight excluding hydrogens is 222 g/mol. The quantitative estimate of drug-likeness (QED) is 0.881. The van der Waals surface area contributed by atoms with Crippen molar-refractivity contribution in [3.8, 4) is 0 Å². The molecule has 0 unspecified atom stereocenters. The number of anilines is 1. The third-order valence-corrected chi connectivity index (χ3v) is 4.42. The smallest absolute Gasteiger partial charge is 0.0470 e. The van der Waals surface area contributed by atoms with Crippen LogP contribution >= 0.6 is 0 Å². The second kappa shape index (κ2) is 4.90. The van der Waals surface area contributed by atoms with Gasteiger partial charge in [-0.3, -0.25) is 4.90 Å². The van der Waals surface area contributed by atoms with Crippen LogP contribution in [0.3, 0.4) is 0 Å². The Morgan fingerprint density at radius 2 is 2.00 bits per heavy atom. The van der Waals surface area contributed by atoms with Gasteiger partial charge in [-0.15, -0.1) is 0 Å². The second-order valence-electron chi connectivity index (χ2n) is 5.55. The van der Waals surface area contributed by atoms with Crippen molar-refractivity contribution in [2.75, 3.05) is 38.1 Å². The summed E-state index contributed by atoms with van der Waals surface area (Å²) in [7, 11) is 2.17. The Hall–Kier alpha value is -1.06. The van der Waals surface area contributed by atoms with Gasteiger partial charge >= 0.3 is 0 Å². The Balaban J connectivity index is 1.86. The number of fused-ring (bicyclic) bond motifs is 1. The lowest BCUT2D eigenvalue weighted by Crippen LogP contribution is -2.31. The zero-order chi connectivity index (χ0) is 12.5. The SMILES string of the molecule is CN1CCc2cc([C@@H](CN)N3CCCC3)ccc21. The maximum absolute atomic E-state index is 6.01. The van der Waals surface area contributed by atoms with Gasteiger partial charge in [0.1, 0.15) is 0 Å². The number of nitrogens with zero attached hydrogens (tertiary/aromatic N) is 2. The molecule has 2 aliphatic heterocycles. The summed E-state index contributed by atoms with van der Waals surface area (Å²) in [5, 5.41) is 0. The molecule has 1 aromatic carbocycles. The minimum atomic E-state index is 0.420. The van der Waals surface area contributed by atoms with Crippen LogP contribution in [0, 0.1) is 0 Å². The Labute approximate surface area is 110 Å². The monoisotopic (exact) mass is 245 g/mol. The van der Waals surface area contributed by atoms with Gasteiger partial charge in [0, 0.05) is 31.9 Å². The number of nitrogens with two attached hydrogens (primary N) is 1. The van der Waals surface area contributed by atoms with Crippen LogP contribution in [-0.4, -0.2) is 38.1 Å². The summed E-state index contributed by atoms with van der Waals surface area (Å²) >= 11 is 0. The molecule has 3 heteroatoms. The highest BCUT2D eigenvalue weighted by Crippen LogP contribution is 2.31. The Morgan fingerprint density at radius 3 is 2.72 bits per heavy atom. The number of rotatable bonds is 3. The van der Waals surface area contributed by atoms with E-state index in [9.17, 15) is 0 Å². The number of likely N-dealkylation sites (tertiary alicyclic amines) is 1. The maximum atomic E-state index is 6.01. The molecule has 0 bridgehead atoms. The fourth-order valence-corrected chi connectivity index (χ4v) is 3.34. The molecule has 3 rings (SSSR count). The first-order chi connectivity index (χ1) is 8.79. The molecule has 1 saturated heterocycles. The van der Waals surface area contributed by atoms with Gasteiger partial charge < -0.3 is 10.6 Å². The van der Waals surface area contributed by atoms with Crippen LogP contribution < -0.4 is 10.6 Å². The molecule has 1 atom stereocenters. The third-order valence-electron chi connectivity index (χ3n) is 4.42. The van der Waals surface area contributed by atoms with Crippen molar-refractivity contribution in [1.82, 2.24) is 4.90 Å². The minimum Gasteiger partial charge on any atom is -0.374 e. The number of likely N-dealkylation sites (N-methyl/N-ethyl adjacent to an activating group) is 1. The van der Waals surface area contributed by atoms with Crippen molar-refractivity contribution in [3.05, 3.63) is 29.3 Å². The topological polar surface area (TPSA) is 32.5 Å². The molecule has 1 fully saturated rings. The van der Waals surface area contributed by atoms with Crippen molar-refractivity contribution in [3.63, 3.8) is 0 Å². The van der Waals surface area contributed by atoms with Crippen LogP contribution in [0.25, 0.3) is 0 Å². The summed E-state index contributed by atoms with van der Waals surface area (Å²) in [4.78, 5) is 4.88. The van der Waals surface area contributed by atoms with Crippen LogP contribution in [0.4, 0.5) is 5.69 Å². The van der Waals surface area contributed by atoms with E-state index in [0.717, 1.165) is 13.1 Å². The average molecular weight is 245 g/mol. The van der Waals surface area contributed by atoms with E-state index < -0.39 is 0 Å². The van der Waals surface area contributed by atoms with Gasteiger partial charge in [0.2, 0.25) is 0 Å². The Kier molecular flexibility index (Phi) is 3.27. The van der Waals surface area contributed by atoms with Gasteiger partial charge in [-0.2, -0.15) is 0 Å². The highest BCUT2D eigenvalue weighted by molar-refractivity contribution is 5.58. The first-order valence-electron chi connectivity index (χ1n) is 7.07. The molecule has 0 radical (unpaired) electrons. The number of hydrogen-bond acceptors (Lipinski definition) is 3. The molecule has 2 aliphatic rings. The van der Waals surface area contributed by atoms with Gasteiger partial charge in [-0.25, -0.2) is 0 Å². The fourth-order valence-electron chi connectivity index (χ4n) is 3.34. The highest BCUT2D eigenvalue weighted by Gasteiger charge is 2.24. The Bertz CT molecular complexity index is 424. The van der Waals surface area contributed by atoms with Gasteiger partial charge in [0.15, 0.2) is 0 Å². The van der Waals surface area contributed by atoms with Crippen molar-refractivity contribution in [2.24, 2.45) is 5.73 Å². The first-order valence-corrected chi connectivity index (χ1v) is 7.07. The van der Waals surface area contributed by atoms with Crippen LogP contribution in [0.15, 0.2) is 18.2 Å². The largest absolute Gasteiger partial charge is 0.374 e. The molecule has 0 spiro atoms. The predicted octanol–water partition coefficient (Wildman–Crippen LogP) is 1.77. The minimum absolute atomic E-state index is 0.420. The van der Waals surface area contributed by atoms with Crippen LogP contribution in [0.2, 0.25) is 0 Å². The van der Waals surface area contributed by atoms with E-state index in [2.05, 4.69) is 35.0 Å². The molecule has 0 saturated carbocycles. The summed E-state index contributed by atoms with van der Waals surface area (Å²) in [6.45, 7) is 4.29. The second-order valence-corrected chi connectivity index (χ2v) is 5.55. The van der Waals surface area contributed by atoms with Crippen molar-refractivity contribution in [1.29, 1.82) is 0 Å². The van der Waals surface area contributed by atoms with Crippen LogP contribution in [0.1, 0.15) is 30.0 Å². The lowest BCUT2D eigenvalue weighted by Gasteiger charge is -2.27. The van der Waals surface area contributed by atoms with E-state index in [-0.39, 0.29) is 0 Å². The van der Waals surface area contributed by atoms with Crippen molar-refractivity contribution < 1.29 is 0 Å². The van der Waals surface area contributed by atoms with E-state index in [0.29, 0.717) is 6.04 Å². The third kappa shape index (κ3) is 2.02. The van der Waals surface area contributed by atoms with E-state index in [4.69, 9.17) is 5.73 Å². The summed E-state index contributed by atoms with van der Waals surface area (Å²) in [6.07, 6.45) is 3.82. The van der Waals surface area contributed by atoms with E-state index >= 15 is 0 Å². The van der Waals surface area contributed by atoms with E-state index in [1.807, 2.05) is 0 Å². The lowest BCUT2D eigenvalue weighted by atomic mass is 10.0. The van der Waals surface area contributed by atoms with E-state index in [1.54, 1.807) is 0 Å². The predicted molar refractivity (Wildman–Crippen MR) is 76.0 cm³/mol. The fraction of sp³-hybridized carbons (Fsp3) is 0.600. The number of benzene rings is 1. The molecule has 3 nitrogen and oxygen atoms in total. The van der Waals surface area contributed by atoms with Crippen LogP contribution in [-0.2, 0) is 6.42 Å². The summed E-state index contributed by atoms with van der Waals surface area (Å²) in [5.41, 5.74) is 10.3. The standard InChI is InChI=1S/C15H23N3/c1-17-9-6-13-10-12(4-5-14(13)17)15(11-16)18-7-2-3-8-18/h4-5,10,15H,2-3,6-9,11,16H2,1H3/t15-/m1/s1. The van der Waals surface area contributed by atoms with Crippen LogP contribution in [0.5, 0.6) is 0 Å². The van der Waals surface area contributed by atoms with Gasteiger partial charge in [0.25, 0.3) is 0 Å². The van der Waals surface area contributed by atoms with Gasteiger partial charge in [-0.05, 0) is 49.5 Å². The molecule has 18 heavy (non-hydrogen) atoms. The van der Waals surface area contributed by atoms with E-state index in [1.165, 1.54) is 49.2 Å². The van der Waals surface area contributed by atoms with Crippen molar-refractivity contribution >= 4 is 5.69 Å². The number of hydrogen-bond donors (Lipinski definition) is 1. The summed E-state index contributed by atoms with van der Waals surface area (Å²) in [5.74, 6) is 0. The van der Waals surface area contributed by atoms with Gasteiger partial charge in [0.05, 0.1) is 0 Å². The first kappa shape index (κ1) is 12.0. The molecule has 0 aliphatic carbocycles. The lowest BCUT2D eigenvalue weighted by molar-refractivity contribution is 0.251. The van der Waals surface area contributed by atoms with Gasteiger partial charge in [-0.1, -0.05) is 12.1 Å². The zero-order valence-corrected chi connectivity index (χ0v) is 11.2. The molecule has 2 N–H and O–H groups in total. The maximum Gasteiger partial charge on any atom is 0.0470 e.